The average Bonchev–Trinajstić information content (AvgIpc) is 3.56. The van der Waals surface area contributed by atoms with Gasteiger partial charge in [-0.1, -0.05) is 103 Å². The molecule has 0 spiro atoms. The number of hydrogen-bond acceptors (Lipinski definition) is 3. The summed E-state index contributed by atoms with van der Waals surface area (Å²) in [6.45, 7) is 4.43. The van der Waals surface area contributed by atoms with Crippen LogP contribution in [-0.2, 0) is 0 Å². The average molecular weight is 693 g/mol. The van der Waals surface area contributed by atoms with E-state index in [0.717, 1.165) is 55.8 Å². The Bertz CT molecular complexity index is 2960. The van der Waals surface area contributed by atoms with Crippen molar-refractivity contribution in [2.75, 3.05) is 4.90 Å². The fourth-order valence-corrected chi connectivity index (χ4v) is 8.05. The van der Waals surface area contributed by atoms with Gasteiger partial charge in [-0.2, -0.15) is 0 Å². The number of pyridine rings is 2. The molecule has 0 saturated heterocycles. The minimum absolute atomic E-state index is 0.938. The van der Waals surface area contributed by atoms with Crippen LogP contribution in [0.4, 0.5) is 17.1 Å². The van der Waals surface area contributed by atoms with Crippen molar-refractivity contribution in [2.24, 2.45) is 0 Å². The molecule has 10 aromatic rings. The van der Waals surface area contributed by atoms with Crippen LogP contribution in [0, 0.1) is 13.8 Å². The Labute approximate surface area is 314 Å². The summed E-state index contributed by atoms with van der Waals surface area (Å²) in [5.41, 5.74) is 15.8. The highest BCUT2D eigenvalue weighted by atomic mass is 15.1. The number of aromatic nitrogens is 3. The third kappa shape index (κ3) is 5.22. The summed E-state index contributed by atoms with van der Waals surface area (Å²) >= 11 is 0. The third-order valence-corrected chi connectivity index (χ3v) is 10.9. The second-order valence-corrected chi connectivity index (χ2v) is 13.9. The quantitative estimate of drug-likeness (QED) is 0.163. The van der Waals surface area contributed by atoms with E-state index < -0.39 is 0 Å². The smallest absolute Gasteiger partial charge is 0.0972 e. The van der Waals surface area contributed by atoms with E-state index in [0.29, 0.717) is 0 Å². The molecule has 3 heterocycles. The van der Waals surface area contributed by atoms with Crippen LogP contribution in [0.15, 0.2) is 182 Å². The Morgan fingerprint density at radius 2 is 1.09 bits per heavy atom. The van der Waals surface area contributed by atoms with Crippen molar-refractivity contribution in [3.05, 3.63) is 193 Å². The second-order valence-electron chi connectivity index (χ2n) is 13.9. The first-order valence-corrected chi connectivity index (χ1v) is 18.4. The molecule has 0 aliphatic carbocycles. The molecule has 0 unspecified atom stereocenters. The highest BCUT2D eigenvalue weighted by Gasteiger charge is 2.18. The van der Waals surface area contributed by atoms with Crippen molar-refractivity contribution in [1.29, 1.82) is 0 Å². The van der Waals surface area contributed by atoms with Crippen molar-refractivity contribution in [3.8, 4) is 28.1 Å². The minimum atomic E-state index is 0.938. The molecule has 256 valence electrons. The van der Waals surface area contributed by atoms with Crippen LogP contribution >= 0.6 is 0 Å². The van der Waals surface area contributed by atoms with Gasteiger partial charge in [0.05, 0.1) is 27.8 Å². The molecule has 3 aromatic heterocycles. The fraction of sp³-hybridized carbons (Fsp3) is 0.0400. The van der Waals surface area contributed by atoms with Gasteiger partial charge in [0.2, 0.25) is 0 Å². The lowest BCUT2D eigenvalue weighted by Crippen LogP contribution is -2.09. The molecular weight excluding hydrogens is 657 g/mol. The number of para-hydroxylation sites is 3. The van der Waals surface area contributed by atoms with Gasteiger partial charge in [-0.05, 0) is 109 Å². The van der Waals surface area contributed by atoms with Crippen molar-refractivity contribution >= 4 is 60.7 Å². The van der Waals surface area contributed by atoms with Crippen LogP contribution < -0.4 is 4.90 Å². The van der Waals surface area contributed by atoms with Gasteiger partial charge in [0.1, 0.15) is 0 Å². The van der Waals surface area contributed by atoms with E-state index in [-0.39, 0.29) is 0 Å². The standard InChI is InChI=1S/C50H36N4/c1-33-34(2)43(46-29-23-37-20-19-36-12-11-31-51-49(36)50(37)52-46)28-27-42(33)35-21-24-40(25-22-35)54-47-18-10-9-17-44(47)45-32-41(26-30-48(45)54)53(38-13-5-3-6-14-38)39-15-7-4-8-16-39/h3-32H,1-2H3. The summed E-state index contributed by atoms with van der Waals surface area (Å²) in [5, 5.41) is 4.65. The molecule has 7 aromatic carbocycles. The lowest BCUT2D eigenvalue weighted by molar-refractivity contribution is 1.18. The monoisotopic (exact) mass is 692 g/mol. The number of nitrogens with zero attached hydrogens (tertiary/aromatic N) is 4. The highest BCUT2D eigenvalue weighted by molar-refractivity contribution is 6.11. The molecule has 0 bridgehead atoms. The van der Waals surface area contributed by atoms with E-state index in [2.05, 4.69) is 198 Å². The number of rotatable bonds is 6. The summed E-state index contributed by atoms with van der Waals surface area (Å²) < 4.78 is 2.39. The van der Waals surface area contributed by atoms with Crippen LogP contribution in [-0.4, -0.2) is 14.5 Å². The Kier molecular flexibility index (Phi) is 7.55. The highest BCUT2D eigenvalue weighted by Crippen LogP contribution is 2.40. The summed E-state index contributed by atoms with van der Waals surface area (Å²) in [5.74, 6) is 0. The predicted octanol–water partition coefficient (Wildman–Crippen LogP) is 13.3. The van der Waals surface area contributed by atoms with Crippen molar-refractivity contribution in [2.45, 2.75) is 13.8 Å². The third-order valence-electron chi connectivity index (χ3n) is 10.9. The lowest BCUT2D eigenvalue weighted by atomic mass is 9.92. The van der Waals surface area contributed by atoms with E-state index in [1.807, 2.05) is 12.3 Å². The minimum Gasteiger partial charge on any atom is -0.310 e. The normalized spacial score (nSPS) is 11.5. The first-order chi connectivity index (χ1) is 26.6. The Morgan fingerprint density at radius 3 is 1.85 bits per heavy atom. The van der Waals surface area contributed by atoms with Gasteiger partial charge < -0.3 is 9.47 Å². The number of hydrogen-bond donors (Lipinski definition) is 0. The van der Waals surface area contributed by atoms with E-state index in [9.17, 15) is 0 Å². The van der Waals surface area contributed by atoms with Gasteiger partial charge in [0.25, 0.3) is 0 Å². The molecule has 0 radical (unpaired) electrons. The summed E-state index contributed by atoms with van der Waals surface area (Å²) in [4.78, 5) is 12.1. The largest absolute Gasteiger partial charge is 0.310 e. The molecular formula is C50H36N4. The zero-order chi connectivity index (χ0) is 36.2. The maximum absolute atomic E-state index is 5.15. The molecule has 4 nitrogen and oxygen atoms in total. The number of benzene rings is 7. The first kappa shape index (κ1) is 31.7. The second kappa shape index (κ2) is 12.9. The Hall–Kier alpha value is -7.04. The molecule has 0 atom stereocenters. The van der Waals surface area contributed by atoms with E-state index in [1.54, 1.807) is 0 Å². The maximum Gasteiger partial charge on any atom is 0.0972 e. The van der Waals surface area contributed by atoms with E-state index >= 15 is 0 Å². The van der Waals surface area contributed by atoms with Crippen molar-refractivity contribution in [1.82, 2.24) is 14.5 Å². The summed E-state index contributed by atoms with van der Waals surface area (Å²) in [6, 6.07) is 62.8. The van der Waals surface area contributed by atoms with Crippen LogP contribution in [0.2, 0.25) is 0 Å². The predicted molar refractivity (Wildman–Crippen MR) is 226 cm³/mol. The molecule has 0 fully saturated rings. The van der Waals surface area contributed by atoms with Crippen LogP contribution in [0.5, 0.6) is 0 Å². The number of fused-ring (bicyclic) bond motifs is 6. The molecule has 54 heavy (non-hydrogen) atoms. The molecule has 0 saturated carbocycles. The van der Waals surface area contributed by atoms with Gasteiger partial charge in [0.15, 0.2) is 0 Å². The van der Waals surface area contributed by atoms with Gasteiger partial charge in [-0.25, -0.2) is 4.98 Å². The summed E-state index contributed by atoms with van der Waals surface area (Å²) in [7, 11) is 0. The van der Waals surface area contributed by atoms with Gasteiger partial charge >= 0.3 is 0 Å². The van der Waals surface area contributed by atoms with Crippen LogP contribution in [0.25, 0.3) is 71.7 Å². The molecule has 0 N–H and O–H groups in total. The summed E-state index contributed by atoms with van der Waals surface area (Å²) in [6.07, 6.45) is 1.84. The molecule has 4 heteroatoms. The number of anilines is 3. The Balaban J connectivity index is 1.03. The molecule has 0 aliphatic heterocycles. The zero-order valence-corrected chi connectivity index (χ0v) is 30.1. The van der Waals surface area contributed by atoms with E-state index in [1.165, 1.54) is 44.1 Å². The van der Waals surface area contributed by atoms with Gasteiger partial charge in [0, 0.05) is 56.1 Å². The molecule has 0 aliphatic rings. The Morgan fingerprint density at radius 1 is 0.463 bits per heavy atom. The van der Waals surface area contributed by atoms with Crippen molar-refractivity contribution in [3.63, 3.8) is 0 Å². The first-order valence-electron chi connectivity index (χ1n) is 18.4. The SMILES string of the molecule is Cc1c(-c2ccc(-n3c4ccccc4c4cc(N(c5ccccc5)c5ccccc5)ccc43)cc2)ccc(-c2ccc3ccc4cccnc4c3n2)c1C. The van der Waals surface area contributed by atoms with Gasteiger partial charge in [-0.15, -0.1) is 0 Å². The molecule has 10 rings (SSSR count). The topological polar surface area (TPSA) is 34.0 Å². The molecule has 0 amide bonds. The van der Waals surface area contributed by atoms with E-state index in [4.69, 9.17) is 4.98 Å². The van der Waals surface area contributed by atoms with Gasteiger partial charge in [-0.3, -0.25) is 4.98 Å². The zero-order valence-electron chi connectivity index (χ0n) is 30.1. The maximum atomic E-state index is 5.15. The lowest BCUT2D eigenvalue weighted by Gasteiger charge is -2.25. The van der Waals surface area contributed by atoms with Crippen LogP contribution in [0.1, 0.15) is 11.1 Å². The van der Waals surface area contributed by atoms with Crippen LogP contribution in [0.3, 0.4) is 0 Å². The van der Waals surface area contributed by atoms with Crippen molar-refractivity contribution < 1.29 is 0 Å². The fourth-order valence-electron chi connectivity index (χ4n) is 8.05.